The molecule has 0 radical (unpaired) electrons. The highest BCUT2D eigenvalue weighted by Crippen LogP contribution is 2.20. The van der Waals surface area contributed by atoms with Crippen molar-refractivity contribution in [2.75, 3.05) is 6.54 Å². The van der Waals surface area contributed by atoms with Crippen LogP contribution in [0.15, 0.2) is 24.3 Å². The molecule has 2 rings (SSSR count). The molecule has 1 amide bonds. The van der Waals surface area contributed by atoms with Crippen LogP contribution in [0, 0.1) is 6.92 Å². The predicted molar refractivity (Wildman–Crippen MR) is 60.9 cm³/mol. The minimum Gasteiger partial charge on any atom is -0.336 e. The Morgan fingerprint density at radius 1 is 1.40 bits per heavy atom. The molecule has 1 saturated heterocycles. The van der Waals surface area contributed by atoms with Crippen LogP contribution in [0.4, 0.5) is 0 Å². The molecule has 80 valence electrons. The summed E-state index contributed by atoms with van der Waals surface area (Å²) in [7, 11) is 0. The van der Waals surface area contributed by atoms with Gasteiger partial charge in [-0.2, -0.15) is 0 Å². The lowest BCUT2D eigenvalue weighted by atomic mass is 10.1. The first-order valence-electron chi connectivity index (χ1n) is 5.57. The third-order valence-electron chi connectivity index (χ3n) is 3.19. The molecule has 0 aliphatic carbocycles. The topological polar surface area (TPSA) is 20.3 Å². The second kappa shape index (κ2) is 4.05. The van der Waals surface area contributed by atoms with Crippen molar-refractivity contribution in [3.63, 3.8) is 0 Å². The lowest BCUT2D eigenvalue weighted by molar-refractivity contribution is 0.0747. The lowest BCUT2D eigenvalue weighted by Crippen LogP contribution is -2.33. The first-order valence-corrected chi connectivity index (χ1v) is 5.57. The summed E-state index contributed by atoms with van der Waals surface area (Å²) in [5, 5.41) is 0. The van der Waals surface area contributed by atoms with E-state index in [2.05, 4.69) is 6.92 Å². The van der Waals surface area contributed by atoms with Crippen molar-refractivity contribution in [3.8, 4) is 0 Å². The van der Waals surface area contributed by atoms with Gasteiger partial charge in [0.05, 0.1) is 0 Å². The SMILES string of the molecule is Cc1ccccc1C(=O)N1CCC[C@H]1C. The molecule has 0 unspecified atom stereocenters. The molecule has 1 atom stereocenters. The summed E-state index contributed by atoms with van der Waals surface area (Å²) in [6.07, 6.45) is 2.27. The monoisotopic (exact) mass is 203 g/mol. The van der Waals surface area contributed by atoms with E-state index in [1.54, 1.807) is 0 Å². The number of amides is 1. The maximum Gasteiger partial charge on any atom is 0.254 e. The van der Waals surface area contributed by atoms with Crippen LogP contribution in [0.3, 0.4) is 0 Å². The van der Waals surface area contributed by atoms with Crippen LogP contribution in [0.25, 0.3) is 0 Å². The highest BCUT2D eigenvalue weighted by Gasteiger charge is 2.26. The molecule has 0 bridgehead atoms. The highest BCUT2D eigenvalue weighted by atomic mass is 16.2. The van der Waals surface area contributed by atoms with Gasteiger partial charge in [0, 0.05) is 18.2 Å². The Labute approximate surface area is 90.9 Å². The fraction of sp³-hybridized carbons (Fsp3) is 0.462. The van der Waals surface area contributed by atoms with Gasteiger partial charge in [-0.15, -0.1) is 0 Å². The van der Waals surface area contributed by atoms with Crippen molar-refractivity contribution in [1.82, 2.24) is 4.90 Å². The van der Waals surface area contributed by atoms with Crippen LogP contribution in [-0.2, 0) is 0 Å². The zero-order chi connectivity index (χ0) is 10.8. The number of carbonyl (C=O) groups is 1. The minimum absolute atomic E-state index is 0.193. The molecule has 0 aromatic heterocycles. The average molecular weight is 203 g/mol. The molecule has 0 N–H and O–H groups in total. The fourth-order valence-corrected chi connectivity index (χ4v) is 2.20. The molecule has 1 aliphatic rings. The number of carbonyl (C=O) groups excluding carboxylic acids is 1. The van der Waals surface area contributed by atoms with E-state index in [1.807, 2.05) is 36.1 Å². The molecular formula is C13H17NO. The Kier molecular flexibility index (Phi) is 2.76. The minimum atomic E-state index is 0.193. The average Bonchev–Trinajstić information content (AvgIpc) is 2.64. The summed E-state index contributed by atoms with van der Waals surface area (Å²) in [5.74, 6) is 0.193. The van der Waals surface area contributed by atoms with Crippen LogP contribution in [0.1, 0.15) is 35.7 Å². The molecular weight excluding hydrogens is 186 g/mol. The third kappa shape index (κ3) is 1.89. The van der Waals surface area contributed by atoms with E-state index in [-0.39, 0.29) is 5.91 Å². The summed E-state index contributed by atoms with van der Waals surface area (Å²) < 4.78 is 0. The second-order valence-corrected chi connectivity index (χ2v) is 4.30. The van der Waals surface area contributed by atoms with Gasteiger partial charge in [-0.1, -0.05) is 18.2 Å². The van der Waals surface area contributed by atoms with Crippen molar-refractivity contribution in [2.24, 2.45) is 0 Å². The zero-order valence-corrected chi connectivity index (χ0v) is 9.36. The standard InChI is InChI=1S/C13H17NO/c1-10-6-3-4-8-12(10)13(15)14-9-5-7-11(14)2/h3-4,6,8,11H,5,7,9H2,1-2H3/t11-/m1/s1. The van der Waals surface area contributed by atoms with Gasteiger partial charge in [0.1, 0.15) is 0 Å². The van der Waals surface area contributed by atoms with Gasteiger partial charge in [0.15, 0.2) is 0 Å². The maximum absolute atomic E-state index is 12.2. The number of hydrogen-bond acceptors (Lipinski definition) is 1. The van der Waals surface area contributed by atoms with Gasteiger partial charge in [-0.25, -0.2) is 0 Å². The number of benzene rings is 1. The van der Waals surface area contributed by atoms with Gasteiger partial charge in [0.2, 0.25) is 0 Å². The van der Waals surface area contributed by atoms with E-state index < -0.39 is 0 Å². The first kappa shape index (κ1) is 10.2. The van der Waals surface area contributed by atoms with E-state index in [4.69, 9.17) is 0 Å². The third-order valence-corrected chi connectivity index (χ3v) is 3.19. The Bertz CT molecular complexity index is 373. The Hall–Kier alpha value is -1.31. The summed E-state index contributed by atoms with van der Waals surface area (Å²) in [6.45, 7) is 5.03. The fourth-order valence-electron chi connectivity index (χ4n) is 2.20. The van der Waals surface area contributed by atoms with Crippen molar-refractivity contribution in [3.05, 3.63) is 35.4 Å². The number of aryl methyl sites for hydroxylation is 1. The maximum atomic E-state index is 12.2. The Morgan fingerprint density at radius 2 is 2.13 bits per heavy atom. The van der Waals surface area contributed by atoms with Crippen molar-refractivity contribution in [1.29, 1.82) is 0 Å². The summed E-state index contributed by atoms with van der Waals surface area (Å²) in [5.41, 5.74) is 1.92. The molecule has 2 heteroatoms. The normalized spacial score (nSPS) is 20.7. The Balaban J connectivity index is 2.24. The second-order valence-electron chi connectivity index (χ2n) is 4.30. The number of hydrogen-bond donors (Lipinski definition) is 0. The van der Waals surface area contributed by atoms with Crippen LogP contribution >= 0.6 is 0 Å². The molecule has 0 saturated carbocycles. The largest absolute Gasteiger partial charge is 0.336 e. The van der Waals surface area contributed by atoms with Crippen molar-refractivity contribution < 1.29 is 4.79 Å². The number of likely N-dealkylation sites (tertiary alicyclic amines) is 1. The van der Waals surface area contributed by atoms with Gasteiger partial charge < -0.3 is 4.90 Å². The molecule has 1 heterocycles. The van der Waals surface area contributed by atoms with Crippen LogP contribution in [0.5, 0.6) is 0 Å². The first-order chi connectivity index (χ1) is 7.20. The number of nitrogens with zero attached hydrogens (tertiary/aromatic N) is 1. The van der Waals surface area contributed by atoms with Crippen molar-refractivity contribution >= 4 is 5.91 Å². The van der Waals surface area contributed by atoms with E-state index in [0.717, 1.165) is 30.5 Å². The predicted octanol–water partition coefficient (Wildman–Crippen LogP) is 2.62. The molecule has 1 fully saturated rings. The summed E-state index contributed by atoms with van der Waals surface area (Å²) >= 11 is 0. The zero-order valence-electron chi connectivity index (χ0n) is 9.36. The smallest absolute Gasteiger partial charge is 0.254 e. The van der Waals surface area contributed by atoms with Gasteiger partial charge in [-0.3, -0.25) is 4.79 Å². The quantitative estimate of drug-likeness (QED) is 0.687. The molecule has 1 aliphatic heterocycles. The van der Waals surface area contributed by atoms with Crippen molar-refractivity contribution in [2.45, 2.75) is 32.7 Å². The Morgan fingerprint density at radius 3 is 2.73 bits per heavy atom. The molecule has 1 aromatic carbocycles. The van der Waals surface area contributed by atoms with Gasteiger partial charge >= 0.3 is 0 Å². The molecule has 0 spiro atoms. The number of rotatable bonds is 1. The van der Waals surface area contributed by atoms with E-state index in [0.29, 0.717) is 6.04 Å². The van der Waals surface area contributed by atoms with Crippen LogP contribution < -0.4 is 0 Å². The molecule has 2 nitrogen and oxygen atoms in total. The highest BCUT2D eigenvalue weighted by molar-refractivity contribution is 5.95. The molecule has 1 aromatic rings. The molecule has 15 heavy (non-hydrogen) atoms. The summed E-state index contributed by atoms with van der Waals surface area (Å²) in [4.78, 5) is 14.2. The van der Waals surface area contributed by atoms with E-state index in [1.165, 1.54) is 0 Å². The van der Waals surface area contributed by atoms with E-state index >= 15 is 0 Å². The lowest BCUT2D eigenvalue weighted by Gasteiger charge is -2.22. The van der Waals surface area contributed by atoms with Gasteiger partial charge in [0.25, 0.3) is 5.91 Å². The van der Waals surface area contributed by atoms with E-state index in [9.17, 15) is 4.79 Å². The van der Waals surface area contributed by atoms with Gasteiger partial charge in [-0.05, 0) is 38.3 Å². The van der Waals surface area contributed by atoms with Crippen LogP contribution in [0.2, 0.25) is 0 Å². The van der Waals surface area contributed by atoms with Crippen LogP contribution in [-0.4, -0.2) is 23.4 Å². The summed E-state index contributed by atoms with van der Waals surface area (Å²) in [6, 6.07) is 8.22.